The van der Waals surface area contributed by atoms with Crippen LogP contribution in [0.5, 0.6) is 0 Å². The molecule has 0 aliphatic heterocycles. The zero-order chi connectivity index (χ0) is 11.7. The second-order valence-corrected chi connectivity index (χ2v) is 4.72. The van der Waals surface area contributed by atoms with Crippen molar-refractivity contribution < 1.29 is 0 Å². The minimum atomic E-state index is 0.613. The molecule has 4 heteroatoms. The number of aromatic nitrogens is 2. The van der Waals surface area contributed by atoms with Crippen molar-refractivity contribution in [1.29, 1.82) is 0 Å². The first-order chi connectivity index (χ1) is 7.67. The van der Waals surface area contributed by atoms with Crippen LogP contribution in [0.25, 0.3) is 0 Å². The Labute approximate surface area is 97.2 Å². The summed E-state index contributed by atoms with van der Waals surface area (Å²) in [6, 6.07) is 0.613. The molecule has 0 bridgehead atoms. The molecule has 1 aromatic rings. The Morgan fingerprint density at radius 1 is 1.50 bits per heavy atom. The fourth-order valence-electron chi connectivity index (χ4n) is 2.32. The van der Waals surface area contributed by atoms with Crippen LogP contribution in [0.2, 0.25) is 0 Å². The van der Waals surface area contributed by atoms with Crippen LogP contribution in [0.15, 0.2) is 0 Å². The van der Waals surface area contributed by atoms with Gasteiger partial charge in [-0.1, -0.05) is 20.3 Å². The first-order valence-electron chi connectivity index (χ1n) is 6.25. The quantitative estimate of drug-likeness (QED) is 0.802. The molecular formula is C12H22N4. The number of hydrogen-bond acceptors (Lipinski definition) is 3. The van der Waals surface area contributed by atoms with Crippen LogP contribution in [0, 0.1) is 5.92 Å². The van der Waals surface area contributed by atoms with Gasteiger partial charge in [0.2, 0.25) is 0 Å². The lowest BCUT2D eigenvalue weighted by Gasteiger charge is -2.06. The number of rotatable bonds is 5. The highest BCUT2D eigenvalue weighted by atomic mass is 15.3. The molecule has 0 spiro atoms. The van der Waals surface area contributed by atoms with Crippen LogP contribution in [0.4, 0.5) is 11.5 Å². The van der Waals surface area contributed by atoms with E-state index in [0.717, 1.165) is 29.5 Å². The van der Waals surface area contributed by atoms with Crippen LogP contribution in [-0.2, 0) is 13.5 Å². The van der Waals surface area contributed by atoms with Gasteiger partial charge < -0.3 is 11.1 Å². The summed E-state index contributed by atoms with van der Waals surface area (Å²) in [6.45, 7) is 4.32. The van der Waals surface area contributed by atoms with Crippen molar-refractivity contribution in [2.24, 2.45) is 13.0 Å². The van der Waals surface area contributed by atoms with E-state index in [1.54, 1.807) is 0 Å². The smallest absolute Gasteiger partial charge is 0.148 e. The molecule has 1 aliphatic rings. The third kappa shape index (κ3) is 2.01. The normalized spacial score (nSPS) is 23.4. The largest absolute Gasteiger partial charge is 0.394 e. The maximum absolute atomic E-state index is 6.06. The molecule has 1 aromatic heterocycles. The molecule has 0 amide bonds. The summed E-state index contributed by atoms with van der Waals surface area (Å²) in [5.74, 6) is 1.84. The van der Waals surface area contributed by atoms with E-state index in [1.165, 1.54) is 19.3 Å². The van der Waals surface area contributed by atoms with Gasteiger partial charge in [-0.2, -0.15) is 5.10 Å². The Morgan fingerprint density at radius 3 is 2.81 bits per heavy atom. The van der Waals surface area contributed by atoms with Gasteiger partial charge in [0.05, 0.1) is 11.4 Å². The maximum Gasteiger partial charge on any atom is 0.148 e. The van der Waals surface area contributed by atoms with Crippen molar-refractivity contribution in [3.63, 3.8) is 0 Å². The number of hydrogen-bond donors (Lipinski definition) is 2. The van der Waals surface area contributed by atoms with E-state index in [0.29, 0.717) is 6.04 Å². The molecule has 4 nitrogen and oxygen atoms in total. The summed E-state index contributed by atoms with van der Waals surface area (Å²) in [5.41, 5.74) is 7.89. The first-order valence-corrected chi connectivity index (χ1v) is 6.25. The van der Waals surface area contributed by atoms with E-state index in [1.807, 2.05) is 11.7 Å². The van der Waals surface area contributed by atoms with E-state index in [-0.39, 0.29) is 0 Å². The summed E-state index contributed by atoms with van der Waals surface area (Å²) >= 11 is 0. The van der Waals surface area contributed by atoms with Gasteiger partial charge in [0.15, 0.2) is 0 Å². The summed E-state index contributed by atoms with van der Waals surface area (Å²) in [6.07, 6.45) is 4.75. The summed E-state index contributed by atoms with van der Waals surface area (Å²) in [5, 5.41) is 7.93. The minimum Gasteiger partial charge on any atom is -0.394 e. The highest BCUT2D eigenvalue weighted by molar-refractivity contribution is 5.65. The zero-order valence-electron chi connectivity index (χ0n) is 10.5. The van der Waals surface area contributed by atoms with Crippen LogP contribution >= 0.6 is 0 Å². The predicted octanol–water partition coefficient (Wildman–Crippen LogP) is 2.17. The van der Waals surface area contributed by atoms with Gasteiger partial charge in [0.1, 0.15) is 5.82 Å². The second kappa shape index (κ2) is 4.36. The van der Waals surface area contributed by atoms with Crippen molar-refractivity contribution in [3.05, 3.63) is 5.69 Å². The Hall–Kier alpha value is -1.19. The highest BCUT2D eigenvalue weighted by Crippen LogP contribution is 2.38. The molecule has 1 aliphatic carbocycles. The molecule has 1 saturated carbocycles. The van der Waals surface area contributed by atoms with Crippen LogP contribution in [0.1, 0.15) is 38.8 Å². The van der Waals surface area contributed by atoms with Gasteiger partial charge in [0.25, 0.3) is 0 Å². The van der Waals surface area contributed by atoms with Crippen molar-refractivity contribution in [1.82, 2.24) is 9.78 Å². The molecule has 16 heavy (non-hydrogen) atoms. The van der Waals surface area contributed by atoms with Gasteiger partial charge in [0, 0.05) is 13.1 Å². The maximum atomic E-state index is 6.06. The van der Waals surface area contributed by atoms with E-state index < -0.39 is 0 Å². The summed E-state index contributed by atoms with van der Waals surface area (Å²) in [7, 11) is 1.95. The molecule has 3 N–H and O–H groups in total. The van der Waals surface area contributed by atoms with Crippen molar-refractivity contribution in [3.8, 4) is 0 Å². The third-order valence-electron chi connectivity index (χ3n) is 3.40. The van der Waals surface area contributed by atoms with Crippen LogP contribution in [-0.4, -0.2) is 15.8 Å². The average molecular weight is 222 g/mol. The monoisotopic (exact) mass is 222 g/mol. The van der Waals surface area contributed by atoms with E-state index in [4.69, 9.17) is 5.73 Å². The van der Waals surface area contributed by atoms with Gasteiger partial charge >= 0.3 is 0 Å². The molecule has 2 atom stereocenters. The van der Waals surface area contributed by atoms with Gasteiger partial charge in [-0.05, 0) is 25.2 Å². The Bertz CT molecular complexity index is 369. The van der Waals surface area contributed by atoms with Crippen molar-refractivity contribution >= 4 is 11.5 Å². The molecule has 90 valence electrons. The molecule has 0 aromatic carbocycles. The number of nitrogens with one attached hydrogen (secondary N) is 1. The van der Waals surface area contributed by atoms with E-state index >= 15 is 0 Å². The topological polar surface area (TPSA) is 55.9 Å². The minimum absolute atomic E-state index is 0.613. The Kier molecular flexibility index (Phi) is 3.08. The number of nitrogens with two attached hydrogens (primary N) is 1. The third-order valence-corrected chi connectivity index (χ3v) is 3.40. The molecule has 0 radical (unpaired) electrons. The van der Waals surface area contributed by atoms with Crippen LogP contribution < -0.4 is 11.1 Å². The number of aryl methyl sites for hydroxylation is 2. The second-order valence-electron chi connectivity index (χ2n) is 4.72. The molecule has 1 fully saturated rings. The Balaban J connectivity index is 2.02. The zero-order valence-corrected chi connectivity index (χ0v) is 10.5. The standard InChI is InChI=1S/C12H22N4/c1-4-6-8-7-10(8)14-12-11(13)9(5-2)15-16(12)3/h8,10,14H,4-7,13H2,1-3H3. The molecule has 0 saturated heterocycles. The van der Waals surface area contributed by atoms with Crippen molar-refractivity contribution in [2.45, 2.75) is 45.6 Å². The SMILES string of the molecule is CCCC1CC1Nc1c(N)c(CC)nn1C. The fourth-order valence-corrected chi connectivity index (χ4v) is 2.32. The van der Waals surface area contributed by atoms with E-state index in [9.17, 15) is 0 Å². The highest BCUT2D eigenvalue weighted by Gasteiger charge is 2.37. The molecule has 1 heterocycles. The number of anilines is 2. The lowest BCUT2D eigenvalue weighted by molar-refractivity contribution is 0.686. The fraction of sp³-hybridized carbons (Fsp3) is 0.750. The number of nitrogen functional groups attached to an aromatic ring is 1. The van der Waals surface area contributed by atoms with E-state index in [2.05, 4.69) is 24.3 Å². The Morgan fingerprint density at radius 2 is 2.25 bits per heavy atom. The lowest BCUT2D eigenvalue weighted by Crippen LogP contribution is -2.10. The lowest BCUT2D eigenvalue weighted by atomic mass is 10.2. The van der Waals surface area contributed by atoms with Crippen molar-refractivity contribution in [2.75, 3.05) is 11.1 Å². The van der Waals surface area contributed by atoms with Crippen LogP contribution in [0.3, 0.4) is 0 Å². The first kappa shape index (κ1) is 11.3. The average Bonchev–Trinajstić information content (AvgIpc) is 2.93. The summed E-state index contributed by atoms with van der Waals surface area (Å²) in [4.78, 5) is 0. The van der Waals surface area contributed by atoms with Gasteiger partial charge in [-0.15, -0.1) is 0 Å². The molecule has 2 unspecified atom stereocenters. The predicted molar refractivity (Wildman–Crippen MR) is 67.4 cm³/mol. The molecular weight excluding hydrogens is 200 g/mol. The number of nitrogens with zero attached hydrogens (tertiary/aromatic N) is 2. The molecule has 2 rings (SSSR count). The van der Waals surface area contributed by atoms with Gasteiger partial charge in [-0.3, -0.25) is 4.68 Å². The summed E-state index contributed by atoms with van der Waals surface area (Å²) < 4.78 is 1.87. The van der Waals surface area contributed by atoms with Gasteiger partial charge in [-0.25, -0.2) is 0 Å².